The van der Waals surface area contributed by atoms with Crippen molar-refractivity contribution in [2.45, 2.75) is 13.3 Å². The summed E-state index contributed by atoms with van der Waals surface area (Å²) >= 11 is 0. The molecule has 0 atom stereocenters. The first-order valence-corrected chi connectivity index (χ1v) is 6.43. The van der Waals surface area contributed by atoms with E-state index in [-0.39, 0.29) is 5.91 Å². The van der Waals surface area contributed by atoms with Crippen molar-refractivity contribution in [1.82, 2.24) is 29.9 Å². The van der Waals surface area contributed by atoms with Gasteiger partial charge in [-0.25, -0.2) is 14.6 Å². The van der Waals surface area contributed by atoms with Gasteiger partial charge < -0.3 is 5.32 Å². The van der Waals surface area contributed by atoms with Crippen molar-refractivity contribution in [2.24, 2.45) is 0 Å². The van der Waals surface area contributed by atoms with Gasteiger partial charge in [0, 0.05) is 18.0 Å². The minimum atomic E-state index is -0.262. The number of aromatic amines is 1. The Hall–Kier alpha value is -3.03. The number of pyridine rings is 1. The maximum absolute atomic E-state index is 12.1. The van der Waals surface area contributed by atoms with E-state index in [0.29, 0.717) is 17.2 Å². The fourth-order valence-electron chi connectivity index (χ4n) is 1.78. The third-order valence-corrected chi connectivity index (χ3v) is 2.92. The highest BCUT2D eigenvalue weighted by molar-refractivity contribution is 6.03. The van der Waals surface area contributed by atoms with Crippen molar-refractivity contribution in [3.05, 3.63) is 48.3 Å². The summed E-state index contributed by atoms with van der Waals surface area (Å²) in [5, 5.41) is 13.5. The van der Waals surface area contributed by atoms with Gasteiger partial charge in [-0.3, -0.25) is 9.89 Å². The van der Waals surface area contributed by atoms with Crippen molar-refractivity contribution >= 4 is 11.7 Å². The van der Waals surface area contributed by atoms with Crippen LogP contribution in [0.1, 0.15) is 23.0 Å². The second-order valence-electron chi connectivity index (χ2n) is 4.33. The quantitative estimate of drug-likeness (QED) is 0.749. The molecule has 8 nitrogen and oxygen atoms in total. The lowest BCUT2D eigenvalue weighted by atomic mass is 10.2. The lowest BCUT2D eigenvalue weighted by molar-refractivity contribution is 0.102. The first-order chi connectivity index (χ1) is 10.3. The Kier molecular flexibility index (Phi) is 3.42. The van der Waals surface area contributed by atoms with Crippen molar-refractivity contribution < 1.29 is 4.79 Å². The Labute approximate surface area is 120 Å². The lowest BCUT2D eigenvalue weighted by Gasteiger charge is -2.03. The molecule has 3 rings (SSSR count). The number of aromatic nitrogens is 6. The highest BCUT2D eigenvalue weighted by Crippen LogP contribution is 2.09. The molecule has 2 N–H and O–H groups in total. The third-order valence-electron chi connectivity index (χ3n) is 2.92. The van der Waals surface area contributed by atoms with E-state index in [1.165, 1.54) is 23.5 Å². The van der Waals surface area contributed by atoms with Crippen LogP contribution in [-0.4, -0.2) is 35.9 Å². The first kappa shape index (κ1) is 13.0. The number of hydrogen-bond acceptors (Lipinski definition) is 5. The molecule has 0 aliphatic rings. The van der Waals surface area contributed by atoms with E-state index in [1.807, 2.05) is 6.92 Å². The number of H-pyrrole nitrogens is 1. The van der Waals surface area contributed by atoms with Crippen LogP contribution in [0.3, 0.4) is 0 Å². The highest BCUT2D eigenvalue weighted by Gasteiger charge is 2.09. The van der Waals surface area contributed by atoms with Crippen molar-refractivity contribution in [3.8, 4) is 5.82 Å². The van der Waals surface area contributed by atoms with E-state index < -0.39 is 0 Å². The van der Waals surface area contributed by atoms with Crippen LogP contribution in [0.15, 0.2) is 37.1 Å². The average molecular weight is 283 g/mol. The second kappa shape index (κ2) is 5.53. The number of hydrogen-bond donors (Lipinski definition) is 2. The molecule has 0 unspecified atom stereocenters. The Bertz CT molecular complexity index is 730. The number of carbonyl (C=O) groups excluding carboxylic acids is 1. The smallest absolute Gasteiger partial charge is 0.258 e. The average Bonchev–Trinajstić information content (AvgIpc) is 3.19. The predicted octanol–water partition coefficient (Wildman–Crippen LogP) is 1.20. The van der Waals surface area contributed by atoms with Crippen LogP contribution >= 0.6 is 0 Å². The largest absolute Gasteiger partial charge is 0.305 e. The fourth-order valence-corrected chi connectivity index (χ4v) is 1.78. The molecular weight excluding hydrogens is 270 g/mol. The van der Waals surface area contributed by atoms with Crippen molar-refractivity contribution in [2.75, 3.05) is 5.32 Å². The molecule has 0 fully saturated rings. The van der Waals surface area contributed by atoms with Crippen LogP contribution in [0.25, 0.3) is 5.82 Å². The molecule has 0 bridgehead atoms. The maximum Gasteiger partial charge on any atom is 0.258 e. The number of carbonyl (C=O) groups is 1. The summed E-state index contributed by atoms with van der Waals surface area (Å²) in [6.45, 7) is 2.01. The Morgan fingerprint density at radius 2 is 2.33 bits per heavy atom. The molecule has 106 valence electrons. The normalized spacial score (nSPS) is 10.5. The van der Waals surface area contributed by atoms with Crippen LogP contribution in [-0.2, 0) is 6.42 Å². The summed E-state index contributed by atoms with van der Waals surface area (Å²) in [6, 6.07) is 5.17. The molecule has 0 aliphatic carbocycles. The van der Waals surface area contributed by atoms with Gasteiger partial charge in [-0.2, -0.15) is 10.2 Å². The van der Waals surface area contributed by atoms with Crippen LogP contribution in [0, 0.1) is 0 Å². The molecule has 8 heteroatoms. The lowest BCUT2D eigenvalue weighted by Crippen LogP contribution is -2.13. The molecule has 3 aromatic rings. The molecular formula is C13H13N7O. The SMILES string of the molecule is CCc1cc(NC(=O)c2ccc(-n3cncn3)nc2)n[nH]1. The van der Waals surface area contributed by atoms with Gasteiger partial charge in [0.2, 0.25) is 0 Å². The monoisotopic (exact) mass is 283 g/mol. The number of anilines is 1. The zero-order valence-electron chi connectivity index (χ0n) is 11.3. The summed E-state index contributed by atoms with van der Waals surface area (Å²) in [5.41, 5.74) is 1.41. The predicted molar refractivity (Wildman–Crippen MR) is 75.1 cm³/mol. The molecule has 0 saturated heterocycles. The zero-order chi connectivity index (χ0) is 14.7. The van der Waals surface area contributed by atoms with Crippen LogP contribution < -0.4 is 5.32 Å². The third kappa shape index (κ3) is 2.78. The Morgan fingerprint density at radius 1 is 1.43 bits per heavy atom. The Morgan fingerprint density at radius 3 is 2.95 bits per heavy atom. The van der Waals surface area contributed by atoms with Gasteiger partial charge in [-0.1, -0.05) is 6.92 Å². The molecule has 0 spiro atoms. The van der Waals surface area contributed by atoms with Gasteiger partial charge in [0.1, 0.15) is 12.7 Å². The fraction of sp³-hybridized carbons (Fsp3) is 0.154. The number of amides is 1. The molecule has 0 aliphatic heterocycles. The Balaban J connectivity index is 1.73. The topological polar surface area (TPSA) is 101 Å². The summed E-state index contributed by atoms with van der Waals surface area (Å²) < 4.78 is 1.52. The second-order valence-corrected chi connectivity index (χ2v) is 4.33. The molecule has 0 radical (unpaired) electrons. The van der Waals surface area contributed by atoms with Crippen LogP contribution in [0.5, 0.6) is 0 Å². The number of nitrogens with zero attached hydrogens (tertiary/aromatic N) is 5. The molecule has 0 aromatic carbocycles. The summed E-state index contributed by atoms with van der Waals surface area (Å²) in [6.07, 6.45) is 5.28. The van der Waals surface area contributed by atoms with Gasteiger partial charge in [0.05, 0.1) is 5.56 Å². The van der Waals surface area contributed by atoms with Gasteiger partial charge in [-0.05, 0) is 18.6 Å². The standard InChI is InChI=1S/C13H13N7O/c1-2-10-5-11(19-18-10)17-13(21)9-3-4-12(15-6-9)20-8-14-7-16-20/h3-8H,2H2,1H3,(H2,17,18,19,21). The van der Waals surface area contributed by atoms with Gasteiger partial charge in [0.15, 0.2) is 11.6 Å². The van der Waals surface area contributed by atoms with E-state index in [0.717, 1.165) is 12.1 Å². The van der Waals surface area contributed by atoms with Gasteiger partial charge in [-0.15, -0.1) is 0 Å². The molecule has 21 heavy (non-hydrogen) atoms. The van der Waals surface area contributed by atoms with Gasteiger partial charge in [0.25, 0.3) is 5.91 Å². The van der Waals surface area contributed by atoms with E-state index in [1.54, 1.807) is 18.2 Å². The minimum absolute atomic E-state index is 0.262. The van der Waals surface area contributed by atoms with Crippen LogP contribution in [0.2, 0.25) is 0 Å². The minimum Gasteiger partial charge on any atom is -0.305 e. The van der Waals surface area contributed by atoms with E-state index in [4.69, 9.17) is 0 Å². The number of rotatable bonds is 4. The summed E-state index contributed by atoms with van der Waals surface area (Å²) in [5.74, 6) is 0.830. The first-order valence-electron chi connectivity index (χ1n) is 6.43. The van der Waals surface area contributed by atoms with E-state index >= 15 is 0 Å². The molecule has 3 aromatic heterocycles. The van der Waals surface area contributed by atoms with Crippen molar-refractivity contribution in [1.29, 1.82) is 0 Å². The molecule has 1 amide bonds. The number of aryl methyl sites for hydroxylation is 1. The maximum atomic E-state index is 12.1. The molecule has 0 saturated carbocycles. The van der Waals surface area contributed by atoms with Crippen LogP contribution in [0.4, 0.5) is 5.82 Å². The van der Waals surface area contributed by atoms with E-state index in [9.17, 15) is 4.79 Å². The summed E-state index contributed by atoms with van der Waals surface area (Å²) in [4.78, 5) is 20.1. The van der Waals surface area contributed by atoms with Crippen molar-refractivity contribution in [3.63, 3.8) is 0 Å². The zero-order valence-corrected chi connectivity index (χ0v) is 11.3. The molecule has 3 heterocycles. The van der Waals surface area contributed by atoms with E-state index in [2.05, 4.69) is 30.6 Å². The highest BCUT2D eigenvalue weighted by atomic mass is 16.1. The summed E-state index contributed by atoms with van der Waals surface area (Å²) in [7, 11) is 0. The number of nitrogens with one attached hydrogen (secondary N) is 2. The van der Waals surface area contributed by atoms with Gasteiger partial charge >= 0.3 is 0 Å².